The lowest BCUT2D eigenvalue weighted by Gasteiger charge is -2.17. The van der Waals surface area contributed by atoms with Gasteiger partial charge in [0.2, 0.25) is 0 Å². The van der Waals surface area contributed by atoms with Crippen LogP contribution in [0.3, 0.4) is 0 Å². The molecule has 4 aromatic rings. The van der Waals surface area contributed by atoms with Crippen LogP contribution in [0, 0.1) is 0 Å². The molecule has 4 rings (SSSR count). The molecule has 0 unspecified atom stereocenters. The Balaban J connectivity index is 1.67. The Morgan fingerprint density at radius 3 is 2.69 bits per heavy atom. The second-order valence-corrected chi connectivity index (χ2v) is 8.57. The number of benzene rings is 1. The van der Waals surface area contributed by atoms with Gasteiger partial charge in [-0.1, -0.05) is 44.2 Å². The van der Waals surface area contributed by atoms with Crippen molar-refractivity contribution in [1.29, 1.82) is 0 Å². The highest BCUT2D eigenvalue weighted by atomic mass is 16.6. The largest absolute Gasteiger partial charge is 0.460 e. The van der Waals surface area contributed by atoms with Crippen molar-refractivity contribution in [2.24, 2.45) is 0 Å². The van der Waals surface area contributed by atoms with Gasteiger partial charge in [0.25, 0.3) is 0 Å². The van der Waals surface area contributed by atoms with Gasteiger partial charge in [0, 0.05) is 36.0 Å². The number of furan rings is 1. The average Bonchev–Trinajstić information content (AvgIpc) is 3.41. The molecule has 0 radical (unpaired) electrons. The van der Waals surface area contributed by atoms with Crippen molar-refractivity contribution in [2.75, 3.05) is 0 Å². The normalized spacial score (nSPS) is 12.4. The lowest BCUT2D eigenvalue weighted by Crippen LogP contribution is -2.11. The number of pyridine rings is 2. The molecule has 1 N–H and O–H groups in total. The summed E-state index contributed by atoms with van der Waals surface area (Å²) in [5.41, 5.74) is 4.27. The minimum Gasteiger partial charge on any atom is -0.460 e. The second-order valence-electron chi connectivity index (χ2n) is 8.57. The summed E-state index contributed by atoms with van der Waals surface area (Å²) in [6, 6.07) is 16.7. The van der Waals surface area contributed by atoms with Gasteiger partial charge >= 0.3 is 5.97 Å². The van der Waals surface area contributed by atoms with Crippen LogP contribution in [0.1, 0.15) is 66.2 Å². The van der Waals surface area contributed by atoms with Crippen molar-refractivity contribution < 1.29 is 19.1 Å². The van der Waals surface area contributed by atoms with Gasteiger partial charge in [0.15, 0.2) is 6.10 Å². The lowest BCUT2D eigenvalue weighted by molar-refractivity contribution is 0.0246. The van der Waals surface area contributed by atoms with Crippen LogP contribution >= 0.6 is 0 Å². The highest BCUT2D eigenvalue weighted by Crippen LogP contribution is 2.32. The highest BCUT2D eigenvalue weighted by Gasteiger charge is 2.21. The molecule has 0 saturated heterocycles. The first kappa shape index (κ1) is 25.1. The maximum absolute atomic E-state index is 12.9. The number of carbonyl (C=O) groups is 1. The molecule has 0 aliphatic rings. The maximum atomic E-state index is 12.9. The molecule has 3 heterocycles. The summed E-state index contributed by atoms with van der Waals surface area (Å²) >= 11 is 0. The molecular formula is C30H30N2O4. The van der Waals surface area contributed by atoms with Crippen LogP contribution in [-0.4, -0.2) is 21.0 Å². The monoisotopic (exact) mass is 482 g/mol. The van der Waals surface area contributed by atoms with E-state index in [-0.39, 0.29) is 6.61 Å². The summed E-state index contributed by atoms with van der Waals surface area (Å²) < 4.78 is 11.6. The van der Waals surface area contributed by atoms with Gasteiger partial charge in [0.05, 0.1) is 11.1 Å². The zero-order valence-corrected chi connectivity index (χ0v) is 20.4. The Bertz CT molecular complexity index is 1360. The van der Waals surface area contributed by atoms with E-state index in [1.54, 1.807) is 36.7 Å². The number of rotatable bonds is 11. The van der Waals surface area contributed by atoms with Gasteiger partial charge in [-0.15, -0.1) is 0 Å². The number of nitrogens with zero attached hydrogens (tertiary/aromatic N) is 2. The van der Waals surface area contributed by atoms with Crippen LogP contribution < -0.4 is 0 Å². The van der Waals surface area contributed by atoms with Crippen LogP contribution in [0.25, 0.3) is 16.5 Å². The number of para-hydroxylation sites is 1. The fourth-order valence-electron chi connectivity index (χ4n) is 3.99. The summed E-state index contributed by atoms with van der Waals surface area (Å²) in [6.45, 7) is 6.28. The summed E-state index contributed by atoms with van der Waals surface area (Å²) in [4.78, 5) is 21.4. The van der Waals surface area contributed by atoms with Crippen LogP contribution in [0.2, 0.25) is 0 Å². The summed E-state index contributed by atoms with van der Waals surface area (Å²) in [5, 5.41) is 10.5. The number of unbranched alkanes of at least 4 members (excludes halogenated alkanes) is 1. The number of esters is 1. The Hall–Kier alpha value is -4.03. The second kappa shape index (κ2) is 12.1. The van der Waals surface area contributed by atoms with Gasteiger partial charge in [-0.25, -0.2) is 4.79 Å². The van der Waals surface area contributed by atoms with Crippen molar-refractivity contribution in [2.45, 2.75) is 45.3 Å². The Labute approximate surface area is 211 Å². The predicted molar refractivity (Wildman–Crippen MR) is 140 cm³/mol. The zero-order valence-electron chi connectivity index (χ0n) is 20.4. The van der Waals surface area contributed by atoms with Crippen molar-refractivity contribution in [3.8, 4) is 0 Å². The van der Waals surface area contributed by atoms with Gasteiger partial charge in [0.1, 0.15) is 18.1 Å². The molecule has 1 atom stereocenters. The number of aromatic nitrogens is 2. The topological polar surface area (TPSA) is 85.5 Å². The van der Waals surface area contributed by atoms with E-state index in [0.29, 0.717) is 23.5 Å². The molecule has 0 aliphatic heterocycles. The Morgan fingerprint density at radius 1 is 1.14 bits per heavy atom. The first-order valence-electron chi connectivity index (χ1n) is 12.1. The van der Waals surface area contributed by atoms with Crippen LogP contribution in [0.5, 0.6) is 0 Å². The number of aliphatic hydroxyl groups excluding tert-OH is 1. The van der Waals surface area contributed by atoms with Crippen molar-refractivity contribution in [1.82, 2.24) is 9.97 Å². The van der Waals surface area contributed by atoms with E-state index < -0.39 is 12.1 Å². The predicted octanol–water partition coefficient (Wildman–Crippen LogP) is 6.83. The molecule has 6 nitrogen and oxygen atoms in total. The Kier molecular flexibility index (Phi) is 8.42. The van der Waals surface area contributed by atoms with Gasteiger partial charge in [-0.2, -0.15) is 0 Å². The molecule has 36 heavy (non-hydrogen) atoms. The van der Waals surface area contributed by atoms with Gasteiger partial charge in [-0.3, -0.25) is 9.97 Å². The van der Waals surface area contributed by atoms with E-state index in [1.165, 1.54) is 0 Å². The molecule has 0 bridgehead atoms. The van der Waals surface area contributed by atoms with Gasteiger partial charge < -0.3 is 14.3 Å². The third-order valence-corrected chi connectivity index (χ3v) is 5.97. The summed E-state index contributed by atoms with van der Waals surface area (Å²) in [6.07, 6.45) is 9.61. The van der Waals surface area contributed by atoms with E-state index in [2.05, 4.69) is 29.5 Å². The third kappa shape index (κ3) is 6.15. The minimum atomic E-state index is -0.687. The van der Waals surface area contributed by atoms with E-state index in [9.17, 15) is 9.90 Å². The molecule has 1 aromatic carbocycles. The number of fused-ring (bicyclic) bond motifs is 1. The molecule has 0 aliphatic carbocycles. The first-order valence-corrected chi connectivity index (χ1v) is 12.1. The number of hydrogen-bond acceptors (Lipinski definition) is 6. The first-order chi connectivity index (χ1) is 17.6. The number of hydrogen-bond donors (Lipinski definition) is 1. The molecule has 6 heteroatoms. The van der Waals surface area contributed by atoms with Crippen molar-refractivity contribution in [3.05, 3.63) is 114 Å². The zero-order chi connectivity index (χ0) is 25.3. The number of carbonyl (C=O) groups excluding carboxylic acids is 1. The molecule has 0 fully saturated rings. The maximum Gasteiger partial charge on any atom is 0.338 e. The van der Waals surface area contributed by atoms with E-state index in [1.807, 2.05) is 36.5 Å². The van der Waals surface area contributed by atoms with Crippen molar-refractivity contribution >= 4 is 22.4 Å². The molecule has 184 valence electrons. The SMILES string of the molecule is C=C(CCCC)/C(=C/C[C@H](OC(=O)c1ccncc1)c1ccc(CO)o1)c1cnc2ccccc2c1. The molecule has 0 spiro atoms. The molecule has 3 aromatic heterocycles. The summed E-state index contributed by atoms with van der Waals surface area (Å²) in [5.74, 6) is 0.398. The van der Waals surface area contributed by atoms with Crippen LogP contribution in [0.15, 0.2) is 95.8 Å². The van der Waals surface area contributed by atoms with E-state index >= 15 is 0 Å². The Morgan fingerprint density at radius 2 is 1.94 bits per heavy atom. The van der Waals surface area contributed by atoms with E-state index in [4.69, 9.17) is 9.15 Å². The molecule has 0 amide bonds. The van der Waals surface area contributed by atoms with Crippen LogP contribution in [-0.2, 0) is 11.3 Å². The number of aliphatic hydroxyl groups is 1. The smallest absolute Gasteiger partial charge is 0.338 e. The van der Waals surface area contributed by atoms with Crippen LogP contribution in [0.4, 0.5) is 0 Å². The summed E-state index contributed by atoms with van der Waals surface area (Å²) in [7, 11) is 0. The fraction of sp³-hybridized carbons (Fsp3) is 0.233. The third-order valence-electron chi connectivity index (χ3n) is 5.97. The van der Waals surface area contributed by atoms with E-state index in [0.717, 1.165) is 46.9 Å². The number of ether oxygens (including phenoxy) is 1. The standard InChI is InChI=1S/C30H30N2O4/c1-3-4-7-21(2)26(24-18-23-8-5-6-9-27(23)32-19-24)11-13-29(28-12-10-25(20-33)35-28)36-30(34)22-14-16-31-17-15-22/h5-6,8-12,14-19,29,33H,2-4,7,13,20H2,1H3/b26-11-/t29-/m0/s1. The lowest BCUT2D eigenvalue weighted by atomic mass is 9.94. The highest BCUT2D eigenvalue weighted by molar-refractivity contribution is 5.89. The molecular weight excluding hydrogens is 452 g/mol. The fourth-order valence-corrected chi connectivity index (χ4v) is 3.99. The van der Waals surface area contributed by atoms with Crippen molar-refractivity contribution in [3.63, 3.8) is 0 Å². The van der Waals surface area contributed by atoms with Gasteiger partial charge in [-0.05, 0) is 60.4 Å². The number of allylic oxidation sites excluding steroid dienone is 2. The quantitative estimate of drug-likeness (QED) is 0.186. The molecule has 0 saturated carbocycles. The average molecular weight is 483 g/mol. The minimum absolute atomic E-state index is 0.233.